The third-order valence-electron chi connectivity index (χ3n) is 9.29. The number of hydrogen-bond donors (Lipinski definition) is 4. The molecule has 1 aliphatic carbocycles. The molecule has 4 N–H and O–H groups in total. The molecule has 1 amide bonds. The molecule has 5 aromatic rings. The summed E-state index contributed by atoms with van der Waals surface area (Å²) in [4.78, 5) is 35.7. The summed E-state index contributed by atoms with van der Waals surface area (Å²) in [6, 6.07) is 24.7. The van der Waals surface area contributed by atoms with Crippen molar-refractivity contribution >= 4 is 23.2 Å². The van der Waals surface area contributed by atoms with Crippen LogP contribution >= 0.6 is 11.3 Å². The van der Waals surface area contributed by atoms with E-state index in [2.05, 4.69) is 97.7 Å². The summed E-state index contributed by atoms with van der Waals surface area (Å²) in [5.41, 5.74) is 8.67. The van der Waals surface area contributed by atoms with Gasteiger partial charge < -0.3 is 15.5 Å². The summed E-state index contributed by atoms with van der Waals surface area (Å²) in [6.07, 6.45) is 2.66. The predicted molar refractivity (Wildman–Crippen MR) is 195 cm³/mol. The number of thiophene rings is 1. The standard InChI is InChI=1S/C40H42N4O4S/c1-23(38(47)48)43-36(45)32(44-37(46)33-17-18-34(49-33)39(2,3)4)19-24-11-13-25(14-12-24)35-41-21-27(22-42-35)26-15-16-29-28-9-7-8-10-30(28)40(5,6)31(29)20-26/h7-18,20-23,32,36,43,45H,19H2,1-6H3,(H,44,46)(H,47,48)/t23-,32+,36?/m1/s1. The second-order valence-corrected chi connectivity index (χ2v) is 15.4. The average Bonchev–Trinajstić information content (AvgIpc) is 3.67. The zero-order valence-electron chi connectivity index (χ0n) is 28.6. The summed E-state index contributed by atoms with van der Waals surface area (Å²) >= 11 is 1.41. The number of aliphatic hydroxyl groups is 1. The van der Waals surface area contributed by atoms with Crippen LogP contribution in [0, 0.1) is 0 Å². The second kappa shape index (κ2) is 13.3. The number of aliphatic carboxylic acids is 1. The highest BCUT2D eigenvalue weighted by atomic mass is 32.1. The van der Waals surface area contributed by atoms with Gasteiger partial charge in [-0.25, -0.2) is 9.97 Å². The van der Waals surface area contributed by atoms with Gasteiger partial charge in [-0.05, 0) is 70.3 Å². The van der Waals surface area contributed by atoms with Crippen molar-refractivity contribution < 1.29 is 19.8 Å². The highest BCUT2D eigenvalue weighted by Crippen LogP contribution is 2.49. The van der Waals surface area contributed by atoms with Gasteiger partial charge in [0.15, 0.2) is 5.82 Å². The third kappa shape index (κ3) is 7.06. The Morgan fingerprint density at radius 1 is 0.857 bits per heavy atom. The fourth-order valence-electron chi connectivity index (χ4n) is 6.34. The number of rotatable bonds is 10. The van der Waals surface area contributed by atoms with Gasteiger partial charge in [-0.15, -0.1) is 11.3 Å². The molecule has 1 unspecified atom stereocenters. The molecule has 8 nitrogen and oxygen atoms in total. The fraction of sp³-hybridized carbons (Fsp3) is 0.300. The molecule has 0 saturated carbocycles. The van der Waals surface area contributed by atoms with E-state index in [-0.39, 0.29) is 23.2 Å². The Bertz CT molecular complexity index is 1990. The molecule has 9 heteroatoms. The van der Waals surface area contributed by atoms with E-state index in [1.165, 1.54) is 40.5 Å². The Morgan fingerprint density at radius 2 is 1.51 bits per heavy atom. The highest BCUT2D eigenvalue weighted by Gasteiger charge is 2.35. The topological polar surface area (TPSA) is 124 Å². The Morgan fingerprint density at radius 3 is 2.16 bits per heavy atom. The average molecular weight is 675 g/mol. The number of carboxylic acids is 1. The van der Waals surface area contributed by atoms with Gasteiger partial charge in [0, 0.05) is 33.8 Å². The lowest BCUT2D eigenvalue weighted by atomic mass is 9.82. The number of fused-ring (bicyclic) bond motifs is 3. The van der Waals surface area contributed by atoms with Gasteiger partial charge in [0.25, 0.3) is 5.91 Å². The Balaban J connectivity index is 1.17. The van der Waals surface area contributed by atoms with Crippen molar-refractivity contribution in [3.8, 4) is 33.6 Å². The van der Waals surface area contributed by atoms with Crippen LogP contribution in [-0.2, 0) is 22.0 Å². The molecule has 6 rings (SSSR count). The van der Waals surface area contributed by atoms with Crippen molar-refractivity contribution in [2.75, 3.05) is 0 Å². The van der Waals surface area contributed by atoms with Crippen LogP contribution in [-0.4, -0.2) is 50.4 Å². The first-order valence-corrected chi connectivity index (χ1v) is 17.3. The molecule has 49 heavy (non-hydrogen) atoms. The minimum Gasteiger partial charge on any atom is -0.480 e. The monoisotopic (exact) mass is 674 g/mol. The van der Waals surface area contributed by atoms with Gasteiger partial charge in [0.2, 0.25) is 0 Å². The molecule has 0 bridgehead atoms. The summed E-state index contributed by atoms with van der Waals surface area (Å²) < 4.78 is 0. The van der Waals surface area contributed by atoms with Crippen molar-refractivity contribution in [3.05, 3.63) is 118 Å². The SMILES string of the molecule is C[C@@H](NC(O)[C@H](Cc1ccc(-c2ncc(-c3ccc4c(c3)C(C)(C)c3ccccc3-4)cn2)cc1)NC(=O)c1ccc(C(C)(C)C)s1)C(=O)O. The molecule has 252 valence electrons. The van der Waals surface area contributed by atoms with Crippen molar-refractivity contribution in [1.82, 2.24) is 20.6 Å². The Hall–Kier alpha value is -4.70. The molecule has 0 spiro atoms. The first kappa shape index (κ1) is 34.2. The lowest BCUT2D eigenvalue weighted by molar-refractivity contribution is -0.140. The summed E-state index contributed by atoms with van der Waals surface area (Å²) in [5, 5.41) is 26.0. The van der Waals surface area contributed by atoms with E-state index < -0.39 is 24.3 Å². The maximum atomic E-state index is 13.2. The van der Waals surface area contributed by atoms with Crippen LogP contribution in [0.2, 0.25) is 0 Å². The smallest absolute Gasteiger partial charge is 0.320 e. The third-order valence-corrected chi connectivity index (χ3v) is 10.8. The van der Waals surface area contributed by atoms with Crippen molar-refractivity contribution in [2.24, 2.45) is 0 Å². The molecule has 0 fully saturated rings. The van der Waals surface area contributed by atoms with Gasteiger partial charge in [0.05, 0.1) is 10.9 Å². The number of nitrogens with zero attached hydrogens (tertiary/aromatic N) is 2. The van der Waals surface area contributed by atoms with Crippen LogP contribution in [0.5, 0.6) is 0 Å². The number of hydrogen-bond acceptors (Lipinski definition) is 7. The molecule has 0 saturated heterocycles. The van der Waals surface area contributed by atoms with E-state index in [9.17, 15) is 19.8 Å². The highest BCUT2D eigenvalue weighted by molar-refractivity contribution is 7.14. The van der Waals surface area contributed by atoms with E-state index in [0.29, 0.717) is 10.7 Å². The van der Waals surface area contributed by atoms with E-state index in [4.69, 9.17) is 0 Å². The minimum atomic E-state index is -1.30. The lowest BCUT2D eigenvalue weighted by Gasteiger charge is -2.26. The number of carbonyl (C=O) groups excluding carboxylic acids is 1. The maximum absolute atomic E-state index is 13.2. The van der Waals surface area contributed by atoms with Crippen LogP contribution < -0.4 is 10.6 Å². The number of benzene rings is 3. The number of carbonyl (C=O) groups is 2. The number of aliphatic hydroxyl groups excluding tert-OH is 1. The second-order valence-electron chi connectivity index (χ2n) is 14.3. The minimum absolute atomic E-state index is 0.0906. The largest absolute Gasteiger partial charge is 0.480 e. The summed E-state index contributed by atoms with van der Waals surface area (Å²) in [5.74, 6) is -0.840. The van der Waals surface area contributed by atoms with Crippen LogP contribution in [0.3, 0.4) is 0 Å². The number of aromatic nitrogens is 2. The molecule has 1 aliphatic rings. The van der Waals surface area contributed by atoms with Crippen molar-refractivity contribution in [2.45, 2.75) is 77.1 Å². The molecule has 0 radical (unpaired) electrons. The van der Waals surface area contributed by atoms with Crippen LogP contribution in [0.1, 0.15) is 72.8 Å². The number of amides is 1. The molecule has 0 aliphatic heterocycles. The van der Waals surface area contributed by atoms with Crippen LogP contribution in [0.25, 0.3) is 33.6 Å². The Kier molecular flexibility index (Phi) is 9.28. The van der Waals surface area contributed by atoms with E-state index >= 15 is 0 Å². The summed E-state index contributed by atoms with van der Waals surface area (Å²) in [7, 11) is 0. The molecule has 3 atom stereocenters. The molecule has 2 heterocycles. The molecule has 2 aromatic heterocycles. The van der Waals surface area contributed by atoms with Gasteiger partial charge in [-0.2, -0.15) is 0 Å². The maximum Gasteiger partial charge on any atom is 0.320 e. The van der Waals surface area contributed by atoms with Gasteiger partial charge in [-0.3, -0.25) is 14.9 Å². The quantitative estimate of drug-likeness (QED) is 0.116. The van der Waals surface area contributed by atoms with Crippen molar-refractivity contribution in [3.63, 3.8) is 0 Å². The zero-order chi connectivity index (χ0) is 35.1. The summed E-state index contributed by atoms with van der Waals surface area (Å²) in [6.45, 7) is 12.2. The first-order chi connectivity index (χ1) is 23.2. The van der Waals surface area contributed by atoms with Gasteiger partial charge in [-0.1, -0.05) is 95.3 Å². The van der Waals surface area contributed by atoms with Gasteiger partial charge in [0.1, 0.15) is 12.3 Å². The van der Waals surface area contributed by atoms with Crippen LogP contribution in [0.4, 0.5) is 0 Å². The molecule has 3 aromatic carbocycles. The Labute approximate surface area is 291 Å². The number of nitrogens with one attached hydrogen (secondary N) is 2. The zero-order valence-corrected chi connectivity index (χ0v) is 29.4. The van der Waals surface area contributed by atoms with E-state index in [1.807, 2.05) is 42.7 Å². The van der Waals surface area contributed by atoms with Crippen molar-refractivity contribution in [1.29, 1.82) is 0 Å². The van der Waals surface area contributed by atoms with E-state index in [0.717, 1.165) is 27.1 Å². The normalized spacial score (nSPS) is 15.2. The molecular formula is C40H42N4O4S. The molecular weight excluding hydrogens is 633 g/mol. The van der Waals surface area contributed by atoms with Crippen LogP contribution in [0.15, 0.2) is 91.3 Å². The lowest BCUT2D eigenvalue weighted by Crippen LogP contribution is -2.54. The van der Waals surface area contributed by atoms with E-state index in [1.54, 1.807) is 6.07 Å². The number of carboxylic acid groups (broad SMARTS) is 1. The van der Waals surface area contributed by atoms with Gasteiger partial charge >= 0.3 is 5.97 Å². The fourth-order valence-corrected chi connectivity index (χ4v) is 7.31. The first-order valence-electron chi connectivity index (χ1n) is 16.5. The predicted octanol–water partition coefficient (Wildman–Crippen LogP) is 7.20.